The maximum atomic E-state index is 12.2. The maximum absolute atomic E-state index is 12.2. The molecule has 23 heavy (non-hydrogen) atoms. The molecule has 2 rings (SSSR count). The topological polar surface area (TPSA) is 109 Å². The molecule has 0 unspecified atom stereocenters. The molecular formula is C14H19N3O4S2. The third-order valence-corrected chi connectivity index (χ3v) is 6.42. The van der Waals surface area contributed by atoms with Crippen LogP contribution in [0, 0.1) is 12.8 Å². The Bertz CT molecular complexity index is 881. The predicted molar refractivity (Wildman–Crippen MR) is 90.8 cm³/mol. The van der Waals surface area contributed by atoms with Gasteiger partial charge < -0.3 is 10.3 Å². The molecule has 0 aliphatic carbocycles. The zero-order chi connectivity index (χ0) is 17.2. The number of amides is 1. The second-order valence-corrected chi connectivity index (χ2v) is 8.96. The molecule has 9 heteroatoms. The minimum atomic E-state index is -3.18. The monoisotopic (exact) mass is 357 g/mol. The van der Waals surface area contributed by atoms with Gasteiger partial charge in [-0.15, -0.1) is 11.3 Å². The lowest BCUT2D eigenvalue weighted by atomic mass is 10.2. The molecule has 0 saturated carbocycles. The molecule has 2 N–H and O–H groups in total. The quantitative estimate of drug-likeness (QED) is 0.804. The van der Waals surface area contributed by atoms with E-state index in [1.54, 1.807) is 6.92 Å². The van der Waals surface area contributed by atoms with E-state index in [9.17, 15) is 18.0 Å². The van der Waals surface area contributed by atoms with Crippen LogP contribution < -0.4 is 10.9 Å². The largest absolute Gasteiger partial charge is 0.350 e. The Kier molecular flexibility index (Phi) is 5.20. The van der Waals surface area contributed by atoms with Crippen molar-refractivity contribution in [2.75, 3.05) is 18.1 Å². The molecule has 2 heterocycles. The Labute approximate surface area is 138 Å². The highest BCUT2D eigenvalue weighted by Crippen LogP contribution is 2.26. The molecule has 2 aromatic heterocycles. The fourth-order valence-electron chi connectivity index (χ4n) is 2.29. The summed E-state index contributed by atoms with van der Waals surface area (Å²) in [5, 5.41) is 3.00. The van der Waals surface area contributed by atoms with Crippen LogP contribution in [0.25, 0.3) is 10.2 Å². The second-order valence-electron chi connectivity index (χ2n) is 5.73. The highest BCUT2D eigenvalue weighted by Gasteiger charge is 2.19. The van der Waals surface area contributed by atoms with Crippen molar-refractivity contribution in [1.29, 1.82) is 0 Å². The number of rotatable bonds is 6. The van der Waals surface area contributed by atoms with E-state index in [1.165, 1.54) is 6.33 Å². The first-order chi connectivity index (χ1) is 10.7. The van der Waals surface area contributed by atoms with Crippen LogP contribution in [0.3, 0.4) is 0 Å². The Morgan fingerprint density at radius 3 is 2.74 bits per heavy atom. The first kappa shape index (κ1) is 17.6. The number of nitrogens with one attached hydrogen (secondary N) is 2. The molecule has 2 aromatic rings. The molecule has 0 spiro atoms. The summed E-state index contributed by atoms with van der Waals surface area (Å²) in [7, 11) is -3.18. The molecule has 0 aliphatic rings. The van der Waals surface area contributed by atoms with Gasteiger partial charge in [-0.2, -0.15) is 0 Å². The summed E-state index contributed by atoms with van der Waals surface area (Å²) in [5.74, 6) is -0.327. The van der Waals surface area contributed by atoms with Crippen LogP contribution in [0.15, 0.2) is 11.1 Å². The minimum absolute atomic E-state index is 0.0470. The van der Waals surface area contributed by atoms with Crippen LogP contribution in [-0.4, -0.2) is 42.3 Å². The lowest BCUT2D eigenvalue weighted by molar-refractivity contribution is 0.0959. The van der Waals surface area contributed by atoms with Gasteiger partial charge in [0.25, 0.3) is 11.5 Å². The summed E-state index contributed by atoms with van der Waals surface area (Å²) in [6.45, 7) is 5.40. The summed E-state index contributed by atoms with van der Waals surface area (Å²) in [4.78, 5) is 31.4. The summed E-state index contributed by atoms with van der Waals surface area (Å²) >= 11 is 1.12. The smallest absolute Gasteiger partial charge is 0.261 e. The van der Waals surface area contributed by atoms with Crippen molar-refractivity contribution in [1.82, 2.24) is 15.3 Å². The molecule has 0 aliphatic heterocycles. The zero-order valence-corrected chi connectivity index (χ0v) is 14.8. The minimum Gasteiger partial charge on any atom is -0.350 e. The molecule has 0 atom stereocenters. The Hall–Kier alpha value is -1.74. The standard InChI is InChI=1S/C14H19N3O4S2/c1-8(2)6-23(20,21)5-4-15-13(19)11-9(3)10-12(18)16-7-17-14(10)22-11/h7-8H,4-6H2,1-3H3,(H,15,19)(H,16,17,18). The molecular weight excluding hydrogens is 338 g/mol. The zero-order valence-electron chi connectivity index (χ0n) is 13.2. The molecule has 1 amide bonds. The number of aromatic amines is 1. The lowest BCUT2D eigenvalue weighted by Crippen LogP contribution is -2.30. The van der Waals surface area contributed by atoms with E-state index >= 15 is 0 Å². The van der Waals surface area contributed by atoms with Crippen molar-refractivity contribution in [2.45, 2.75) is 20.8 Å². The van der Waals surface area contributed by atoms with Crippen LogP contribution in [-0.2, 0) is 9.84 Å². The molecule has 0 fully saturated rings. The first-order valence-corrected chi connectivity index (χ1v) is 9.80. The van der Waals surface area contributed by atoms with E-state index in [2.05, 4.69) is 15.3 Å². The molecule has 126 valence electrons. The molecule has 0 aromatic carbocycles. The van der Waals surface area contributed by atoms with E-state index in [0.29, 0.717) is 20.7 Å². The van der Waals surface area contributed by atoms with Gasteiger partial charge in [0.15, 0.2) is 9.84 Å². The van der Waals surface area contributed by atoms with Crippen molar-refractivity contribution in [2.24, 2.45) is 5.92 Å². The van der Waals surface area contributed by atoms with Gasteiger partial charge in [0.1, 0.15) is 4.83 Å². The summed E-state index contributed by atoms with van der Waals surface area (Å²) in [6.07, 6.45) is 1.29. The van der Waals surface area contributed by atoms with E-state index in [1.807, 2.05) is 13.8 Å². The number of aromatic nitrogens is 2. The molecule has 7 nitrogen and oxygen atoms in total. The normalized spacial score (nSPS) is 12.0. The van der Waals surface area contributed by atoms with E-state index < -0.39 is 9.84 Å². The number of carbonyl (C=O) groups excluding carboxylic acids is 1. The van der Waals surface area contributed by atoms with Crippen molar-refractivity contribution >= 4 is 37.3 Å². The van der Waals surface area contributed by atoms with Crippen LogP contribution >= 0.6 is 11.3 Å². The van der Waals surface area contributed by atoms with Crippen molar-refractivity contribution < 1.29 is 13.2 Å². The predicted octanol–water partition coefficient (Wildman–Crippen LogP) is 1.09. The summed E-state index contributed by atoms with van der Waals surface area (Å²) in [5.41, 5.74) is 0.268. The van der Waals surface area contributed by atoms with Gasteiger partial charge in [-0.3, -0.25) is 9.59 Å². The Morgan fingerprint density at radius 1 is 1.43 bits per heavy atom. The number of aryl methyl sites for hydroxylation is 1. The maximum Gasteiger partial charge on any atom is 0.261 e. The summed E-state index contributed by atoms with van der Waals surface area (Å²) in [6, 6.07) is 0. The number of hydrogen-bond donors (Lipinski definition) is 2. The van der Waals surface area contributed by atoms with Crippen LogP contribution in [0.5, 0.6) is 0 Å². The number of carbonyl (C=O) groups is 1. The lowest BCUT2D eigenvalue weighted by Gasteiger charge is -2.08. The van der Waals surface area contributed by atoms with Gasteiger partial charge in [-0.05, 0) is 18.4 Å². The van der Waals surface area contributed by atoms with Gasteiger partial charge in [-0.25, -0.2) is 13.4 Å². The number of sulfone groups is 1. The number of hydrogen-bond acceptors (Lipinski definition) is 6. The van der Waals surface area contributed by atoms with E-state index in [4.69, 9.17) is 0 Å². The Morgan fingerprint density at radius 2 is 2.13 bits per heavy atom. The number of fused-ring (bicyclic) bond motifs is 1. The fraction of sp³-hybridized carbons (Fsp3) is 0.500. The third-order valence-electron chi connectivity index (χ3n) is 3.22. The van der Waals surface area contributed by atoms with Crippen LogP contribution in [0.2, 0.25) is 0 Å². The van der Waals surface area contributed by atoms with Crippen molar-refractivity contribution in [3.8, 4) is 0 Å². The second kappa shape index (κ2) is 6.79. The van der Waals surface area contributed by atoms with Crippen molar-refractivity contribution in [3.63, 3.8) is 0 Å². The number of H-pyrrole nitrogens is 1. The average Bonchev–Trinajstić information content (AvgIpc) is 2.75. The molecule has 0 bridgehead atoms. The highest BCUT2D eigenvalue weighted by atomic mass is 32.2. The van der Waals surface area contributed by atoms with Gasteiger partial charge in [-0.1, -0.05) is 13.8 Å². The van der Waals surface area contributed by atoms with Gasteiger partial charge in [0.2, 0.25) is 0 Å². The third kappa shape index (κ3) is 4.17. The van der Waals surface area contributed by atoms with Crippen molar-refractivity contribution in [3.05, 3.63) is 27.1 Å². The Balaban J connectivity index is 2.09. The van der Waals surface area contributed by atoms with Gasteiger partial charge >= 0.3 is 0 Å². The number of thiophene rings is 1. The van der Waals surface area contributed by atoms with E-state index in [-0.39, 0.29) is 35.4 Å². The van der Waals surface area contributed by atoms with Crippen LogP contribution in [0.1, 0.15) is 29.1 Å². The molecule has 0 radical (unpaired) electrons. The number of nitrogens with zero attached hydrogens (tertiary/aromatic N) is 1. The highest BCUT2D eigenvalue weighted by molar-refractivity contribution is 7.91. The van der Waals surface area contributed by atoms with E-state index in [0.717, 1.165) is 11.3 Å². The van der Waals surface area contributed by atoms with Crippen LogP contribution in [0.4, 0.5) is 0 Å². The average molecular weight is 357 g/mol. The SMILES string of the molecule is Cc1c(C(=O)NCCS(=O)(=O)CC(C)C)sc2nc[nH]c(=O)c12. The first-order valence-electron chi connectivity index (χ1n) is 7.16. The molecule has 0 saturated heterocycles. The van der Waals surface area contributed by atoms with Gasteiger partial charge in [0.05, 0.1) is 28.1 Å². The van der Waals surface area contributed by atoms with Gasteiger partial charge in [0, 0.05) is 6.54 Å². The fourth-order valence-corrected chi connectivity index (χ4v) is 4.95. The summed E-state index contributed by atoms with van der Waals surface area (Å²) < 4.78 is 23.6.